The molecule has 0 amide bonds. The lowest BCUT2D eigenvalue weighted by molar-refractivity contribution is 0.802. The number of fused-ring (bicyclic) bond motifs is 3. The molecule has 3 aliphatic rings. The summed E-state index contributed by atoms with van der Waals surface area (Å²) < 4.78 is 0. The summed E-state index contributed by atoms with van der Waals surface area (Å²) in [7, 11) is -1.55. The molecule has 2 radical (unpaired) electrons. The van der Waals surface area contributed by atoms with Crippen LogP contribution in [0.1, 0.15) is 23.5 Å². The summed E-state index contributed by atoms with van der Waals surface area (Å²) >= 11 is 0. The molecule has 1 fully saturated rings. The van der Waals surface area contributed by atoms with Crippen molar-refractivity contribution in [2.75, 3.05) is 0 Å². The molecule has 148 valence electrons. The average molecular weight is 429 g/mol. The molecule has 3 heteroatoms. The van der Waals surface area contributed by atoms with E-state index in [2.05, 4.69) is 93.9 Å². The van der Waals surface area contributed by atoms with Crippen molar-refractivity contribution in [1.29, 1.82) is 0 Å². The van der Waals surface area contributed by atoms with E-state index >= 15 is 0 Å². The van der Waals surface area contributed by atoms with Gasteiger partial charge in [0.15, 0.2) is 0 Å². The van der Waals surface area contributed by atoms with Crippen LogP contribution in [-0.2, 0) is 0 Å². The maximum Gasteiger partial charge on any atom is 0.0776 e. The van der Waals surface area contributed by atoms with Gasteiger partial charge < -0.3 is 0 Å². The van der Waals surface area contributed by atoms with E-state index in [-0.39, 0.29) is 0 Å². The van der Waals surface area contributed by atoms with Gasteiger partial charge >= 0.3 is 0 Å². The Bertz CT molecular complexity index is 983. The summed E-state index contributed by atoms with van der Waals surface area (Å²) in [5, 5.41) is 3.23. The van der Waals surface area contributed by atoms with E-state index in [0.717, 1.165) is 20.6 Å². The highest BCUT2D eigenvalue weighted by molar-refractivity contribution is 6.89. The zero-order valence-electron chi connectivity index (χ0n) is 18.6. The molecule has 2 aromatic carbocycles. The Balaban J connectivity index is 1.63. The topological polar surface area (TPSA) is 0 Å². The van der Waals surface area contributed by atoms with Gasteiger partial charge in [-0.05, 0) is 39.8 Å². The fourth-order valence-corrected chi connectivity index (χ4v) is 9.12. The van der Waals surface area contributed by atoms with Gasteiger partial charge in [0.25, 0.3) is 0 Å². The molecule has 5 rings (SSSR count). The van der Waals surface area contributed by atoms with Crippen LogP contribution in [0.5, 0.6) is 0 Å². The highest BCUT2D eigenvalue weighted by Crippen LogP contribution is 2.63. The number of hydrogen-bond acceptors (Lipinski definition) is 0. The van der Waals surface area contributed by atoms with Crippen LogP contribution >= 0.6 is 0 Å². The molecular weight excluding hydrogens is 397 g/mol. The van der Waals surface area contributed by atoms with E-state index in [0.29, 0.717) is 5.92 Å². The van der Waals surface area contributed by atoms with Crippen molar-refractivity contribution < 1.29 is 0 Å². The summed E-state index contributed by atoms with van der Waals surface area (Å²) in [6, 6.07) is 15.0. The average Bonchev–Trinajstić information content (AvgIpc) is 3.11. The van der Waals surface area contributed by atoms with E-state index < -0.39 is 16.1 Å². The van der Waals surface area contributed by atoms with Gasteiger partial charge in [-0.2, -0.15) is 0 Å². The summed E-state index contributed by atoms with van der Waals surface area (Å²) in [6.07, 6.45) is 8.17. The first-order valence-electron chi connectivity index (χ1n) is 11.1. The Morgan fingerprint density at radius 3 is 1.79 bits per heavy atom. The van der Waals surface area contributed by atoms with Crippen LogP contribution in [0.15, 0.2) is 60.2 Å². The minimum absolute atomic E-state index is 0.609. The first kappa shape index (κ1) is 19.5. The van der Waals surface area contributed by atoms with Crippen molar-refractivity contribution in [3.05, 3.63) is 71.3 Å². The molecule has 2 unspecified atom stereocenters. The Kier molecular flexibility index (Phi) is 4.40. The summed E-state index contributed by atoms with van der Waals surface area (Å²) in [5.41, 5.74) is 9.63. The lowest BCUT2D eigenvalue weighted by Gasteiger charge is -2.21. The summed E-state index contributed by atoms with van der Waals surface area (Å²) in [6.45, 7) is 14.9. The highest BCUT2D eigenvalue weighted by Gasteiger charge is 2.49. The molecule has 2 aromatic rings. The monoisotopic (exact) mass is 428 g/mol. The lowest BCUT2D eigenvalue weighted by atomic mass is 9.90. The molecule has 0 spiro atoms. The van der Waals surface area contributed by atoms with Crippen LogP contribution in [0.25, 0.3) is 11.1 Å². The first-order chi connectivity index (χ1) is 13.6. The van der Waals surface area contributed by atoms with Crippen LogP contribution in [0.3, 0.4) is 0 Å². The van der Waals surface area contributed by atoms with Crippen molar-refractivity contribution in [3.8, 4) is 11.1 Å². The molecule has 0 N–H and O–H groups in total. The maximum atomic E-state index is 2.61. The standard InChI is InChI=1S/C26H32Si3/c1-28(2,3)18-11-13-20-21-14-12-19(29(4,5)6)16-23(21)24(22(20)15-18)26-25(27-26)17-9-7-8-10-17/h7-9,11-16,24-26H,10H2,1-6H3. The van der Waals surface area contributed by atoms with Crippen molar-refractivity contribution in [2.24, 2.45) is 0 Å². The number of benzene rings is 2. The van der Waals surface area contributed by atoms with Gasteiger partial charge in [-0.25, -0.2) is 0 Å². The van der Waals surface area contributed by atoms with E-state index in [1.807, 2.05) is 0 Å². The predicted octanol–water partition coefficient (Wildman–Crippen LogP) is 6.07. The number of allylic oxidation sites excluding steroid dienone is 4. The Hall–Kier alpha value is -1.43. The van der Waals surface area contributed by atoms with Crippen LogP contribution in [-0.4, -0.2) is 25.7 Å². The minimum Gasteiger partial charge on any atom is -0.0805 e. The molecule has 1 heterocycles. The van der Waals surface area contributed by atoms with Gasteiger partial charge in [-0.15, -0.1) is 0 Å². The summed E-state index contributed by atoms with van der Waals surface area (Å²) in [5.74, 6) is 0.609. The molecular formula is C26H32Si3. The van der Waals surface area contributed by atoms with E-state index in [1.54, 1.807) is 27.1 Å². The second kappa shape index (κ2) is 6.53. The van der Waals surface area contributed by atoms with Gasteiger partial charge in [0.05, 0.1) is 25.7 Å². The summed E-state index contributed by atoms with van der Waals surface area (Å²) in [4.78, 5) is 0. The SMILES string of the molecule is C[Si](C)(C)c1ccc2c(c1)C(C1[Si]C1C1=CC=CC1)c1cc([Si](C)(C)C)ccc1-2. The fourth-order valence-electron chi connectivity index (χ4n) is 5.09. The first-order valence-corrected chi connectivity index (χ1v) is 19.2. The molecule has 0 aromatic heterocycles. The molecule has 29 heavy (non-hydrogen) atoms. The maximum absolute atomic E-state index is 2.61. The van der Waals surface area contributed by atoms with Crippen molar-refractivity contribution in [3.63, 3.8) is 0 Å². The van der Waals surface area contributed by atoms with Gasteiger partial charge in [-0.1, -0.05) is 110 Å². The minimum atomic E-state index is -1.32. The molecule has 0 bridgehead atoms. The van der Waals surface area contributed by atoms with E-state index in [4.69, 9.17) is 0 Å². The number of hydrogen-bond donors (Lipinski definition) is 0. The molecule has 1 aliphatic heterocycles. The largest absolute Gasteiger partial charge is 0.0805 e. The fraction of sp³-hybridized carbons (Fsp3) is 0.385. The van der Waals surface area contributed by atoms with Gasteiger partial charge in [-0.3, -0.25) is 0 Å². The van der Waals surface area contributed by atoms with Gasteiger partial charge in [0.1, 0.15) is 0 Å². The van der Waals surface area contributed by atoms with Gasteiger partial charge in [0.2, 0.25) is 0 Å². The zero-order valence-corrected chi connectivity index (χ0v) is 21.6. The molecule has 2 atom stereocenters. The van der Waals surface area contributed by atoms with E-state index in [9.17, 15) is 0 Å². The Labute approximate surface area is 181 Å². The number of rotatable bonds is 4. The van der Waals surface area contributed by atoms with Crippen molar-refractivity contribution >= 4 is 36.0 Å². The molecule has 0 nitrogen and oxygen atoms in total. The zero-order chi connectivity index (χ0) is 20.6. The van der Waals surface area contributed by atoms with Crippen LogP contribution in [0, 0.1) is 0 Å². The second-order valence-corrected chi connectivity index (χ2v) is 22.9. The third-order valence-corrected chi connectivity index (χ3v) is 12.8. The second-order valence-electron chi connectivity index (χ2n) is 11.1. The lowest BCUT2D eigenvalue weighted by Crippen LogP contribution is -2.37. The van der Waals surface area contributed by atoms with Gasteiger partial charge in [0, 0.05) is 5.92 Å². The van der Waals surface area contributed by atoms with Crippen molar-refractivity contribution in [1.82, 2.24) is 0 Å². The Morgan fingerprint density at radius 1 is 0.793 bits per heavy atom. The highest BCUT2D eigenvalue weighted by atomic mass is 28.3. The van der Waals surface area contributed by atoms with Crippen LogP contribution < -0.4 is 10.4 Å². The van der Waals surface area contributed by atoms with Crippen molar-refractivity contribution in [2.45, 2.75) is 62.7 Å². The molecule has 2 aliphatic carbocycles. The van der Waals surface area contributed by atoms with Crippen LogP contribution in [0.2, 0.25) is 50.4 Å². The normalized spacial score (nSPS) is 23.2. The van der Waals surface area contributed by atoms with E-state index in [1.165, 1.54) is 17.5 Å². The van der Waals surface area contributed by atoms with Crippen LogP contribution in [0.4, 0.5) is 0 Å². The smallest absolute Gasteiger partial charge is 0.0776 e. The molecule has 1 saturated heterocycles. The third-order valence-electron chi connectivity index (χ3n) is 6.98. The predicted molar refractivity (Wildman–Crippen MR) is 135 cm³/mol. The third kappa shape index (κ3) is 3.31. The quantitative estimate of drug-likeness (QED) is 0.518. The molecule has 0 saturated carbocycles. The Morgan fingerprint density at radius 2 is 1.34 bits per heavy atom.